The van der Waals surface area contributed by atoms with Crippen LogP contribution in [0.4, 0.5) is 0 Å². The Morgan fingerprint density at radius 3 is 1.47 bits per heavy atom. The third-order valence-corrected chi connectivity index (χ3v) is 11.2. The van der Waals surface area contributed by atoms with Gasteiger partial charge in [0.1, 0.15) is 43.2 Å². The fraction of sp³-hybridized carbons (Fsp3) is 0.778. The molecule has 0 aromatic rings. The Hall–Kier alpha value is -2.19. The number of carbonyl (C=O) groups is 2. The number of allylic oxidation sites excluding steroid dienone is 8. The van der Waals surface area contributed by atoms with E-state index in [1.807, 2.05) is 6.08 Å². The first-order valence-electron chi connectivity index (χ1n) is 22.4. The van der Waals surface area contributed by atoms with Crippen molar-refractivity contribution in [3.63, 3.8) is 0 Å². The highest BCUT2D eigenvalue weighted by atomic mass is 31.2. The van der Waals surface area contributed by atoms with Gasteiger partial charge in [0, 0.05) is 12.8 Å². The SMILES string of the molecule is CC/C=C\C/C=C\C/C=C\C/C=C\CCCCC(=O)OC(COC(=O)CCCCCCCCCCCCCCCCC)COP(=O)(O)OC1C(O)C(O)C(O)C(O)C1O. The van der Waals surface area contributed by atoms with Gasteiger partial charge in [0.25, 0.3) is 0 Å². The standard InChI is InChI=1S/C45H79O13P/c1-3-5-7-9-11-13-15-17-19-21-23-25-27-29-31-33-38(46)55-35-37(36-56-59(53,54)58-45-43(51)41(49)40(48)42(50)44(45)52)57-39(47)34-32-30-28-26-24-22-20-18-16-14-12-10-8-6-4-2/h6,8,12,14,18,20,24,26,37,40-45,48-52H,3-5,7,9-11,13,15-17,19,21-23,25,27-36H2,1-2H3,(H,53,54)/b8-6-,14-12-,20-18-,26-24-. The van der Waals surface area contributed by atoms with Gasteiger partial charge in [-0.3, -0.25) is 18.6 Å². The first-order valence-corrected chi connectivity index (χ1v) is 23.9. The van der Waals surface area contributed by atoms with Gasteiger partial charge in [-0.25, -0.2) is 4.57 Å². The van der Waals surface area contributed by atoms with E-state index in [1.165, 1.54) is 70.6 Å². The van der Waals surface area contributed by atoms with E-state index in [0.29, 0.717) is 12.8 Å². The van der Waals surface area contributed by atoms with Crippen LogP contribution in [-0.2, 0) is 32.7 Å². The summed E-state index contributed by atoms with van der Waals surface area (Å²) in [6.45, 7) is 3.14. The lowest BCUT2D eigenvalue weighted by molar-refractivity contribution is -0.220. The summed E-state index contributed by atoms with van der Waals surface area (Å²) in [4.78, 5) is 35.6. The summed E-state index contributed by atoms with van der Waals surface area (Å²) in [5.74, 6) is -1.15. The monoisotopic (exact) mass is 859 g/mol. The van der Waals surface area contributed by atoms with Crippen molar-refractivity contribution in [1.29, 1.82) is 0 Å². The zero-order valence-electron chi connectivity index (χ0n) is 36.0. The number of hydrogen-bond acceptors (Lipinski definition) is 12. The second-order valence-corrected chi connectivity index (χ2v) is 16.9. The molecule has 1 fully saturated rings. The fourth-order valence-corrected chi connectivity index (χ4v) is 7.54. The molecule has 6 unspecified atom stereocenters. The van der Waals surface area contributed by atoms with E-state index < -0.39 is 75.7 Å². The van der Waals surface area contributed by atoms with Crippen molar-refractivity contribution >= 4 is 19.8 Å². The maximum Gasteiger partial charge on any atom is 0.472 e. The van der Waals surface area contributed by atoms with Gasteiger partial charge in [-0.05, 0) is 51.4 Å². The number of carbonyl (C=O) groups excluding carboxylic acids is 2. The van der Waals surface area contributed by atoms with Crippen LogP contribution in [0, 0.1) is 0 Å². The quantitative estimate of drug-likeness (QED) is 0.0152. The number of rotatable bonds is 36. The van der Waals surface area contributed by atoms with Crippen LogP contribution in [0.3, 0.4) is 0 Å². The molecule has 14 heteroatoms. The van der Waals surface area contributed by atoms with Gasteiger partial charge in [-0.2, -0.15) is 0 Å². The molecular weight excluding hydrogens is 779 g/mol. The van der Waals surface area contributed by atoms with Crippen LogP contribution < -0.4 is 0 Å². The number of hydrogen-bond donors (Lipinski definition) is 6. The summed E-state index contributed by atoms with van der Waals surface area (Å²) in [5, 5.41) is 50.1. The van der Waals surface area contributed by atoms with E-state index in [-0.39, 0.29) is 12.8 Å². The molecule has 6 N–H and O–H groups in total. The molecule has 6 atom stereocenters. The Labute approximate surface area is 354 Å². The fourth-order valence-electron chi connectivity index (χ4n) is 6.57. The average molecular weight is 859 g/mol. The van der Waals surface area contributed by atoms with Gasteiger partial charge in [0.2, 0.25) is 0 Å². The summed E-state index contributed by atoms with van der Waals surface area (Å²) >= 11 is 0. The van der Waals surface area contributed by atoms with Gasteiger partial charge in [0.05, 0.1) is 6.61 Å². The van der Waals surface area contributed by atoms with Crippen LogP contribution in [0.2, 0.25) is 0 Å². The number of aliphatic hydroxyl groups is 5. The lowest BCUT2D eigenvalue weighted by Crippen LogP contribution is -2.64. The van der Waals surface area contributed by atoms with Gasteiger partial charge in [-0.1, -0.05) is 152 Å². The van der Waals surface area contributed by atoms with E-state index in [1.54, 1.807) is 0 Å². The summed E-state index contributed by atoms with van der Waals surface area (Å²) < 4.78 is 33.4. The third-order valence-electron chi connectivity index (χ3n) is 10.2. The van der Waals surface area contributed by atoms with Crippen molar-refractivity contribution in [3.8, 4) is 0 Å². The minimum absolute atomic E-state index is 0.0446. The Morgan fingerprint density at radius 1 is 0.542 bits per heavy atom. The lowest BCUT2D eigenvalue weighted by atomic mass is 9.85. The summed E-state index contributed by atoms with van der Waals surface area (Å²) in [7, 11) is -5.13. The van der Waals surface area contributed by atoms with Crippen molar-refractivity contribution < 1.29 is 63.1 Å². The van der Waals surface area contributed by atoms with E-state index in [9.17, 15) is 44.6 Å². The second kappa shape index (κ2) is 35.4. The Bertz CT molecular complexity index is 1220. The number of unbranched alkanes of at least 4 members (excludes halogenated alkanes) is 16. The normalized spacial score (nSPS) is 22.8. The Kier molecular flexibility index (Phi) is 32.9. The molecule has 1 saturated carbocycles. The van der Waals surface area contributed by atoms with E-state index >= 15 is 0 Å². The number of ether oxygens (including phenoxy) is 2. The Balaban J connectivity index is 2.50. The van der Waals surface area contributed by atoms with Gasteiger partial charge < -0.3 is 39.9 Å². The molecule has 0 aromatic heterocycles. The average Bonchev–Trinajstić information content (AvgIpc) is 3.21. The molecule has 0 aromatic carbocycles. The van der Waals surface area contributed by atoms with Crippen LogP contribution >= 0.6 is 7.82 Å². The molecule has 0 radical (unpaired) electrons. The highest BCUT2D eigenvalue weighted by molar-refractivity contribution is 7.47. The summed E-state index contributed by atoms with van der Waals surface area (Å²) in [6.07, 6.45) is 27.4. The van der Waals surface area contributed by atoms with Gasteiger partial charge >= 0.3 is 19.8 Å². The largest absolute Gasteiger partial charge is 0.472 e. The molecular formula is C45H79O13P. The zero-order valence-corrected chi connectivity index (χ0v) is 36.9. The van der Waals surface area contributed by atoms with E-state index in [2.05, 4.69) is 56.4 Å². The molecule has 0 amide bonds. The van der Waals surface area contributed by atoms with Crippen LogP contribution in [0.5, 0.6) is 0 Å². The van der Waals surface area contributed by atoms with Gasteiger partial charge in [-0.15, -0.1) is 0 Å². The number of phosphoric ester groups is 1. The molecule has 0 aliphatic heterocycles. The second-order valence-electron chi connectivity index (χ2n) is 15.5. The molecule has 1 rings (SSSR count). The predicted octanol–water partition coefficient (Wildman–Crippen LogP) is 8.39. The van der Waals surface area contributed by atoms with Crippen molar-refractivity contribution in [2.75, 3.05) is 13.2 Å². The summed E-state index contributed by atoms with van der Waals surface area (Å²) in [6, 6.07) is 0. The van der Waals surface area contributed by atoms with Crippen LogP contribution in [0.15, 0.2) is 48.6 Å². The highest BCUT2D eigenvalue weighted by Gasteiger charge is 2.51. The first-order chi connectivity index (χ1) is 28.4. The topological polar surface area (TPSA) is 210 Å². The maximum absolute atomic E-state index is 12.8. The van der Waals surface area contributed by atoms with E-state index in [4.69, 9.17) is 18.5 Å². The zero-order chi connectivity index (χ0) is 43.6. The minimum atomic E-state index is -5.13. The Morgan fingerprint density at radius 2 is 0.966 bits per heavy atom. The van der Waals surface area contributed by atoms with Crippen LogP contribution in [0.25, 0.3) is 0 Å². The number of phosphoric acid groups is 1. The number of aliphatic hydroxyl groups excluding tert-OH is 5. The molecule has 0 bridgehead atoms. The van der Waals surface area contributed by atoms with Gasteiger partial charge in [0.15, 0.2) is 6.10 Å². The highest BCUT2D eigenvalue weighted by Crippen LogP contribution is 2.47. The lowest BCUT2D eigenvalue weighted by Gasteiger charge is -2.41. The van der Waals surface area contributed by atoms with Crippen molar-refractivity contribution in [2.24, 2.45) is 0 Å². The molecule has 1 aliphatic carbocycles. The van der Waals surface area contributed by atoms with Crippen molar-refractivity contribution in [3.05, 3.63) is 48.6 Å². The van der Waals surface area contributed by atoms with Crippen LogP contribution in [-0.4, -0.2) is 98.3 Å². The van der Waals surface area contributed by atoms with Crippen molar-refractivity contribution in [1.82, 2.24) is 0 Å². The molecule has 13 nitrogen and oxygen atoms in total. The maximum atomic E-state index is 12.8. The predicted molar refractivity (Wildman–Crippen MR) is 230 cm³/mol. The summed E-state index contributed by atoms with van der Waals surface area (Å²) in [5.41, 5.74) is 0. The molecule has 59 heavy (non-hydrogen) atoms. The van der Waals surface area contributed by atoms with E-state index in [0.717, 1.165) is 57.8 Å². The molecule has 0 saturated heterocycles. The van der Waals surface area contributed by atoms with Crippen LogP contribution in [0.1, 0.15) is 168 Å². The molecule has 1 aliphatic rings. The number of esters is 2. The first kappa shape index (κ1) is 54.8. The molecule has 0 heterocycles. The molecule has 342 valence electrons. The smallest absolute Gasteiger partial charge is 0.462 e. The third kappa shape index (κ3) is 28.1. The van der Waals surface area contributed by atoms with Crippen molar-refractivity contribution in [2.45, 2.75) is 211 Å². The molecule has 0 spiro atoms. The minimum Gasteiger partial charge on any atom is -0.462 e.